The average molecular weight is 342 g/mol. The van der Waals surface area contributed by atoms with Crippen molar-refractivity contribution >= 4 is 5.96 Å². The van der Waals surface area contributed by atoms with Crippen molar-refractivity contribution in [2.45, 2.75) is 47.1 Å². The molecule has 0 saturated heterocycles. The van der Waals surface area contributed by atoms with Crippen molar-refractivity contribution in [3.8, 4) is 0 Å². The second-order valence-corrected chi connectivity index (χ2v) is 6.43. The van der Waals surface area contributed by atoms with Crippen molar-refractivity contribution in [3.63, 3.8) is 0 Å². The highest BCUT2D eigenvalue weighted by atomic mass is 15.3. The normalized spacial score (nSPS) is 11.6. The highest BCUT2D eigenvalue weighted by Crippen LogP contribution is 2.04. The van der Waals surface area contributed by atoms with E-state index >= 15 is 0 Å². The summed E-state index contributed by atoms with van der Waals surface area (Å²) >= 11 is 0. The van der Waals surface area contributed by atoms with Crippen molar-refractivity contribution in [2.24, 2.45) is 4.99 Å². The summed E-state index contributed by atoms with van der Waals surface area (Å²) in [6, 6.07) is 10.8. The molecule has 0 radical (unpaired) electrons. The topological polar surface area (TPSA) is 54.2 Å². The Morgan fingerprint density at radius 2 is 2.00 bits per heavy atom. The first-order chi connectivity index (χ1) is 12.1. The van der Waals surface area contributed by atoms with Crippen LogP contribution < -0.4 is 10.6 Å². The van der Waals surface area contributed by atoms with Gasteiger partial charge in [0.05, 0.1) is 5.69 Å². The molecule has 5 nitrogen and oxygen atoms in total. The van der Waals surface area contributed by atoms with E-state index in [0.717, 1.165) is 50.7 Å². The van der Waals surface area contributed by atoms with E-state index in [1.54, 1.807) is 0 Å². The summed E-state index contributed by atoms with van der Waals surface area (Å²) < 4.78 is 2.06. The fourth-order valence-corrected chi connectivity index (χ4v) is 2.85. The molecule has 2 N–H and O–H groups in total. The van der Waals surface area contributed by atoms with E-state index in [4.69, 9.17) is 0 Å². The molecule has 136 valence electrons. The maximum atomic E-state index is 4.67. The molecule has 2 rings (SSSR count). The molecule has 1 aromatic carbocycles. The fourth-order valence-electron chi connectivity index (χ4n) is 2.85. The third-order valence-electron chi connectivity index (χ3n) is 4.03. The van der Waals surface area contributed by atoms with Crippen LogP contribution in [0.4, 0.5) is 0 Å². The van der Waals surface area contributed by atoms with Crippen molar-refractivity contribution in [2.75, 3.05) is 19.6 Å². The van der Waals surface area contributed by atoms with Gasteiger partial charge in [-0.25, -0.2) is 0 Å². The predicted octanol–water partition coefficient (Wildman–Crippen LogP) is 3.00. The van der Waals surface area contributed by atoms with E-state index in [1.165, 1.54) is 16.8 Å². The van der Waals surface area contributed by atoms with Gasteiger partial charge in [0.2, 0.25) is 0 Å². The molecule has 0 aliphatic carbocycles. The van der Waals surface area contributed by atoms with E-state index in [2.05, 4.69) is 76.5 Å². The molecule has 0 saturated carbocycles. The van der Waals surface area contributed by atoms with E-state index in [9.17, 15) is 0 Å². The summed E-state index contributed by atoms with van der Waals surface area (Å²) in [5, 5.41) is 11.2. The van der Waals surface area contributed by atoms with Gasteiger partial charge < -0.3 is 10.6 Å². The van der Waals surface area contributed by atoms with Gasteiger partial charge in [0.1, 0.15) is 0 Å². The van der Waals surface area contributed by atoms with Crippen LogP contribution in [0.3, 0.4) is 0 Å². The zero-order valence-corrected chi connectivity index (χ0v) is 16.0. The maximum Gasteiger partial charge on any atom is 0.191 e. The first kappa shape index (κ1) is 19.0. The predicted molar refractivity (Wildman–Crippen MR) is 105 cm³/mol. The molecule has 1 heterocycles. The van der Waals surface area contributed by atoms with E-state index < -0.39 is 0 Å². The van der Waals surface area contributed by atoms with Crippen molar-refractivity contribution in [1.82, 2.24) is 20.4 Å². The van der Waals surface area contributed by atoms with Gasteiger partial charge in [-0.3, -0.25) is 9.67 Å². The summed E-state index contributed by atoms with van der Waals surface area (Å²) in [7, 11) is 0. The Bertz CT molecular complexity index is 687. The molecular weight excluding hydrogens is 310 g/mol. The Hall–Kier alpha value is -2.30. The second-order valence-electron chi connectivity index (χ2n) is 6.43. The van der Waals surface area contributed by atoms with Gasteiger partial charge in [-0.2, -0.15) is 5.10 Å². The Kier molecular flexibility index (Phi) is 7.51. The van der Waals surface area contributed by atoms with Crippen LogP contribution in [-0.2, 0) is 13.0 Å². The fraction of sp³-hybridized carbons (Fsp3) is 0.500. The van der Waals surface area contributed by atoms with Gasteiger partial charge in [0, 0.05) is 31.9 Å². The van der Waals surface area contributed by atoms with Gasteiger partial charge in [-0.05, 0) is 52.2 Å². The minimum absolute atomic E-state index is 0.790. The minimum atomic E-state index is 0.790. The van der Waals surface area contributed by atoms with E-state index in [0.29, 0.717) is 0 Å². The van der Waals surface area contributed by atoms with E-state index in [-0.39, 0.29) is 0 Å². The molecule has 0 aliphatic rings. The Morgan fingerprint density at radius 1 is 1.16 bits per heavy atom. The molecule has 0 spiro atoms. The minimum Gasteiger partial charge on any atom is -0.357 e. The van der Waals surface area contributed by atoms with Crippen LogP contribution >= 0.6 is 0 Å². The number of aryl methyl sites for hydroxylation is 4. The monoisotopic (exact) mass is 341 g/mol. The second kappa shape index (κ2) is 9.87. The molecule has 2 aromatic rings. The lowest BCUT2D eigenvalue weighted by molar-refractivity contribution is 0.567. The van der Waals surface area contributed by atoms with Crippen LogP contribution in [0.5, 0.6) is 0 Å². The largest absolute Gasteiger partial charge is 0.357 e. The number of benzene rings is 1. The SMILES string of the molecule is CCNC(=NCCCn1nc(C)cc1C)NCCc1cccc(C)c1. The Labute approximate surface area is 151 Å². The molecule has 0 bridgehead atoms. The van der Waals surface area contributed by atoms with Crippen LogP contribution in [0.25, 0.3) is 0 Å². The van der Waals surface area contributed by atoms with Crippen molar-refractivity contribution in [1.29, 1.82) is 0 Å². The van der Waals surface area contributed by atoms with Gasteiger partial charge in [-0.1, -0.05) is 29.8 Å². The number of nitrogens with zero attached hydrogens (tertiary/aromatic N) is 3. The number of aromatic nitrogens is 2. The third kappa shape index (κ3) is 6.61. The lowest BCUT2D eigenvalue weighted by Gasteiger charge is -2.11. The average Bonchev–Trinajstić information content (AvgIpc) is 2.89. The number of guanidine groups is 1. The Morgan fingerprint density at radius 3 is 2.68 bits per heavy atom. The maximum absolute atomic E-state index is 4.67. The number of hydrogen-bond donors (Lipinski definition) is 2. The summed E-state index contributed by atoms with van der Waals surface area (Å²) in [5.74, 6) is 0.892. The molecule has 0 aliphatic heterocycles. The molecule has 0 atom stereocenters. The molecular formula is C20H31N5. The lowest BCUT2D eigenvalue weighted by atomic mass is 10.1. The van der Waals surface area contributed by atoms with Crippen LogP contribution in [0, 0.1) is 20.8 Å². The van der Waals surface area contributed by atoms with Crippen LogP contribution in [-0.4, -0.2) is 35.4 Å². The smallest absolute Gasteiger partial charge is 0.191 e. The summed E-state index contributed by atoms with van der Waals surface area (Å²) in [5.41, 5.74) is 4.95. The number of aliphatic imine (C=N–C) groups is 1. The van der Waals surface area contributed by atoms with Gasteiger partial charge >= 0.3 is 0 Å². The highest BCUT2D eigenvalue weighted by molar-refractivity contribution is 5.79. The van der Waals surface area contributed by atoms with Crippen LogP contribution in [0.2, 0.25) is 0 Å². The quantitative estimate of drug-likeness (QED) is 0.441. The summed E-state index contributed by atoms with van der Waals surface area (Å²) in [6.07, 6.45) is 1.98. The molecule has 5 heteroatoms. The van der Waals surface area contributed by atoms with Gasteiger partial charge in [0.25, 0.3) is 0 Å². The summed E-state index contributed by atoms with van der Waals surface area (Å²) in [6.45, 7) is 11.8. The highest BCUT2D eigenvalue weighted by Gasteiger charge is 2.01. The summed E-state index contributed by atoms with van der Waals surface area (Å²) in [4.78, 5) is 4.67. The van der Waals surface area contributed by atoms with Crippen LogP contribution in [0.1, 0.15) is 35.9 Å². The first-order valence-corrected chi connectivity index (χ1v) is 9.17. The van der Waals surface area contributed by atoms with Crippen molar-refractivity contribution < 1.29 is 0 Å². The van der Waals surface area contributed by atoms with E-state index in [1.807, 2.05) is 6.92 Å². The van der Waals surface area contributed by atoms with Crippen molar-refractivity contribution in [3.05, 3.63) is 52.8 Å². The zero-order chi connectivity index (χ0) is 18.1. The number of hydrogen-bond acceptors (Lipinski definition) is 2. The van der Waals surface area contributed by atoms with Crippen LogP contribution in [0.15, 0.2) is 35.3 Å². The standard InChI is InChI=1S/C20H31N5/c1-5-21-20(23-12-10-19-9-6-8-16(2)14-19)22-11-7-13-25-18(4)15-17(3)24-25/h6,8-9,14-15H,5,7,10-13H2,1-4H3,(H2,21,22,23). The third-order valence-corrected chi connectivity index (χ3v) is 4.03. The zero-order valence-electron chi connectivity index (χ0n) is 16.0. The first-order valence-electron chi connectivity index (χ1n) is 9.17. The molecule has 0 fully saturated rings. The molecule has 0 amide bonds. The van der Waals surface area contributed by atoms with Gasteiger partial charge in [0.15, 0.2) is 5.96 Å². The number of nitrogens with one attached hydrogen (secondary N) is 2. The lowest BCUT2D eigenvalue weighted by Crippen LogP contribution is -2.38. The molecule has 0 unspecified atom stereocenters. The molecule has 25 heavy (non-hydrogen) atoms. The van der Waals surface area contributed by atoms with Gasteiger partial charge in [-0.15, -0.1) is 0 Å². The number of rotatable bonds is 8. The molecule has 1 aromatic heterocycles. The Balaban J connectivity index is 1.76.